The Hall–Kier alpha value is 0.530. The van der Waals surface area contributed by atoms with E-state index in [0.29, 0.717) is 0 Å². The lowest BCUT2D eigenvalue weighted by Crippen LogP contribution is -2.15. The first-order valence-electron chi connectivity index (χ1n) is 2.85. The zero-order valence-electron chi connectivity index (χ0n) is 5.95. The second kappa shape index (κ2) is 5.30. The van der Waals surface area contributed by atoms with Crippen LogP contribution in [0.15, 0.2) is 12.2 Å². The average Bonchev–Trinajstić information content (AvgIpc) is 1.84. The maximum absolute atomic E-state index is 10.4. The molecule has 0 bridgehead atoms. The topological polar surface area (TPSA) is 26.3 Å². The van der Waals surface area contributed by atoms with Crippen molar-refractivity contribution in [1.29, 1.82) is 0 Å². The molecule has 0 saturated heterocycles. The van der Waals surface area contributed by atoms with E-state index in [4.69, 9.17) is 51.1 Å². The summed E-state index contributed by atoms with van der Waals surface area (Å²) in [4.78, 5) is 10.4. The maximum atomic E-state index is 10.4. The van der Waals surface area contributed by atoms with E-state index in [0.717, 1.165) is 0 Å². The zero-order valence-corrected chi connectivity index (χ0v) is 8.97. The largest absolute Gasteiger partial charge is 0.372 e. The van der Waals surface area contributed by atoms with Crippen LogP contribution < -0.4 is 0 Å². The minimum atomic E-state index is -1.48. The molecule has 12 heavy (non-hydrogen) atoms. The first-order chi connectivity index (χ1) is 5.33. The van der Waals surface area contributed by atoms with Crippen molar-refractivity contribution in [3.8, 4) is 0 Å². The molecule has 0 unspecified atom stereocenters. The molecule has 0 aromatic rings. The number of rotatable bonds is 4. The normalized spacial score (nSPS) is 11.3. The van der Waals surface area contributed by atoms with Crippen molar-refractivity contribution in [2.75, 3.05) is 13.2 Å². The van der Waals surface area contributed by atoms with Gasteiger partial charge in [0.15, 0.2) is 0 Å². The van der Waals surface area contributed by atoms with Crippen LogP contribution in [0.1, 0.15) is 0 Å². The number of hydrogen-bond acceptors (Lipinski definition) is 2. The van der Waals surface area contributed by atoms with Gasteiger partial charge in [0.2, 0.25) is 9.03 Å². The Morgan fingerprint density at radius 2 is 1.92 bits per heavy atom. The number of carbonyl (C=O) groups excluding carboxylic acids is 1. The number of alkyl halides is 3. The number of carbonyl (C=O) groups is 1. The van der Waals surface area contributed by atoms with Crippen LogP contribution in [-0.2, 0) is 9.53 Å². The van der Waals surface area contributed by atoms with E-state index in [1.165, 1.54) is 0 Å². The molecule has 6 heteroatoms. The van der Waals surface area contributed by atoms with Crippen molar-refractivity contribution < 1.29 is 9.53 Å². The first kappa shape index (κ1) is 12.5. The Bertz CT molecular complexity index is 184. The minimum Gasteiger partial charge on any atom is -0.372 e. The van der Waals surface area contributed by atoms with Gasteiger partial charge in [-0.15, -0.1) is 0 Å². The Kier molecular flexibility index (Phi) is 5.53. The van der Waals surface area contributed by atoms with E-state index in [1.54, 1.807) is 0 Å². The highest BCUT2D eigenvalue weighted by Crippen LogP contribution is 2.25. The molecule has 70 valence electrons. The molecular weight excluding hydrogens is 246 g/mol. The highest BCUT2D eigenvalue weighted by Gasteiger charge is 2.19. The molecule has 0 rings (SSSR count). The van der Waals surface area contributed by atoms with Gasteiger partial charge in [-0.1, -0.05) is 41.4 Å². The summed E-state index contributed by atoms with van der Waals surface area (Å²) in [5.41, 5.74) is 0.130. The van der Waals surface area contributed by atoms with Crippen LogP contribution in [0.4, 0.5) is 0 Å². The molecule has 0 fully saturated rings. The van der Waals surface area contributed by atoms with Gasteiger partial charge in [-0.3, -0.25) is 4.79 Å². The molecule has 0 saturated carbocycles. The molecule has 0 aromatic carbocycles. The molecular formula is C6H6Cl4O2. The van der Waals surface area contributed by atoms with Gasteiger partial charge < -0.3 is 4.74 Å². The fraction of sp³-hybridized carbons (Fsp3) is 0.500. The van der Waals surface area contributed by atoms with Crippen molar-refractivity contribution >= 4 is 51.6 Å². The second-order valence-electron chi connectivity index (χ2n) is 1.99. The Morgan fingerprint density at radius 3 is 2.25 bits per heavy atom. The summed E-state index contributed by atoms with van der Waals surface area (Å²) >= 11 is 21.1. The molecule has 0 heterocycles. The average molecular weight is 252 g/mol. The smallest absolute Gasteiger partial charge is 0.250 e. The third-order valence-corrected chi connectivity index (χ3v) is 1.41. The maximum Gasteiger partial charge on any atom is 0.250 e. The number of hydrogen-bond donors (Lipinski definition) is 0. The van der Waals surface area contributed by atoms with E-state index in [1.807, 2.05) is 0 Å². The molecule has 0 aromatic heterocycles. The standard InChI is InChI=1S/C6H6Cl4O2/c1-4(5(7)11)2-12-3-6(8,9)10/h1-3H2. The van der Waals surface area contributed by atoms with Gasteiger partial charge in [0.25, 0.3) is 0 Å². The van der Waals surface area contributed by atoms with Gasteiger partial charge in [0.1, 0.15) is 0 Å². The Balaban J connectivity index is 3.58. The second-order valence-corrected chi connectivity index (χ2v) is 4.84. The summed E-state index contributed by atoms with van der Waals surface area (Å²) in [6.07, 6.45) is 0. The predicted octanol–water partition coefficient (Wildman–Crippen LogP) is 2.69. The Labute approximate surface area is 90.4 Å². The van der Waals surface area contributed by atoms with Gasteiger partial charge in [0, 0.05) is 5.57 Å². The van der Waals surface area contributed by atoms with E-state index in [9.17, 15) is 4.79 Å². The molecule has 0 amide bonds. The molecule has 0 aliphatic carbocycles. The highest BCUT2D eigenvalue weighted by molar-refractivity contribution is 6.68. The molecule has 0 N–H and O–H groups in total. The van der Waals surface area contributed by atoms with Gasteiger partial charge >= 0.3 is 0 Å². The molecule has 2 nitrogen and oxygen atoms in total. The van der Waals surface area contributed by atoms with Crippen molar-refractivity contribution in [3.05, 3.63) is 12.2 Å². The van der Waals surface area contributed by atoms with Crippen LogP contribution in [0, 0.1) is 0 Å². The minimum absolute atomic E-state index is 0.0315. The third kappa shape index (κ3) is 7.19. The fourth-order valence-electron chi connectivity index (χ4n) is 0.347. The molecule has 0 aliphatic heterocycles. The van der Waals surface area contributed by atoms with Crippen LogP contribution in [0.2, 0.25) is 0 Å². The van der Waals surface area contributed by atoms with Crippen LogP contribution in [-0.4, -0.2) is 22.2 Å². The van der Waals surface area contributed by atoms with Crippen molar-refractivity contribution in [3.63, 3.8) is 0 Å². The summed E-state index contributed by atoms with van der Waals surface area (Å²) in [5, 5.41) is -0.653. The SMILES string of the molecule is C=C(COCC(Cl)(Cl)Cl)C(=O)Cl. The van der Waals surface area contributed by atoms with E-state index in [2.05, 4.69) is 6.58 Å². The lowest BCUT2D eigenvalue weighted by atomic mass is 10.4. The van der Waals surface area contributed by atoms with Gasteiger partial charge in [-0.25, -0.2) is 0 Å². The van der Waals surface area contributed by atoms with Gasteiger partial charge in [-0.05, 0) is 11.6 Å². The van der Waals surface area contributed by atoms with E-state index >= 15 is 0 Å². The van der Waals surface area contributed by atoms with Crippen LogP contribution >= 0.6 is 46.4 Å². The molecule has 0 radical (unpaired) electrons. The lowest BCUT2D eigenvalue weighted by Gasteiger charge is -2.10. The molecule has 0 atom stereocenters. The van der Waals surface area contributed by atoms with Crippen LogP contribution in [0.25, 0.3) is 0 Å². The third-order valence-electron chi connectivity index (χ3n) is 0.820. The molecule has 0 spiro atoms. The summed E-state index contributed by atoms with van der Waals surface area (Å²) in [7, 11) is 0. The monoisotopic (exact) mass is 250 g/mol. The number of halogens is 4. The van der Waals surface area contributed by atoms with E-state index in [-0.39, 0.29) is 18.8 Å². The summed E-state index contributed by atoms with van der Waals surface area (Å²) < 4.78 is 3.34. The van der Waals surface area contributed by atoms with Crippen molar-refractivity contribution in [2.45, 2.75) is 3.79 Å². The zero-order chi connectivity index (χ0) is 9.78. The highest BCUT2D eigenvalue weighted by atomic mass is 35.6. The lowest BCUT2D eigenvalue weighted by molar-refractivity contribution is -0.109. The van der Waals surface area contributed by atoms with Gasteiger partial charge in [-0.2, -0.15) is 0 Å². The van der Waals surface area contributed by atoms with Crippen molar-refractivity contribution in [2.24, 2.45) is 0 Å². The molecule has 0 aliphatic rings. The van der Waals surface area contributed by atoms with Crippen LogP contribution in [0.5, 0.6) is 0 Å². The number of ether oxygens (including phenoxy) is 1. The summed E-state index contributed by atoms with van der Waals surface area (Å²) in [6.45, 7) is 3.20. The first-order valence-corrected chi connectivity index (χ1v) is 4.36. The predicted molar refractivity (Wildman–Crippen MR) is 51.1 cm³/mol. The quantitative estimate of drug-likeness (QED) is 0.436. The van der Waals surface area contributed by atoms with E-state index < -0.39 is 9.03 Å². The van der Waals surface area contributed by atoms with Crippen molar-refractivity contribution in [1.82, 2.24) is 0 Å². The summed E-state index contributed by atoms with van der Waals surface area (Å²) in [5.74, 6) is 0. The Morgan fingerprint density at radius 1 is 1.42 bits per heavy atom. The van der Waals surface area contributed by atoms with Crippen LogP contribution in [0.3, 0.4) is 0 Å². The van der Waals surface area contributed by atoms with Gasteiger partial charge in [0.05, 0.1) is 13.2 Å². The fourth-order valence-corrected chi connectivity index (χ4v) is 0.633. The summed E-state index contributed by atoms with van der Waals surface area (Å²) in [6, 6.07) is 0.